The molecule has 0 aliphatic carbocycles. The van der Waals surface area contributed by atoms with E-state index in [1.807, 2.05) is 6.07 Å². The van der Waals surface area contributed by atoms with E-state index < -0.39 is 0 Å². The third-order valence-corrected chi connectivity index (χ3v) is 2.82. The highest BCUT2D eigenvalue weighted by Gasteiger charge is 2.13. The van der Waals surface area contributed by atoms with Gasteiger partial charge < -0.3 is 4.57 Å². The van der Waals surface area contributed by atoms with Gasteiger partial charge in [0.25, 0.3) is 0 Å². The molecule has 0 radical (unpaired) electrons. The van der Waals surface area contributed by atoms with Crippen LogP contribution in [0.1, 0.15) is 5.69 Å². The normalized spacial score (nSPS) is 10.2. The number of aromatic nitrogens is 2. The molecule has 0 N–H and O–H groups in total. The Morgan fingerprint density at radius 1 is 1.41 bits per heavy atom. The van der Waals surface area contributed by atoms with Crippen LogP contribution >= 0.6 is 11.6 Å². The van der Waals surface area contributed by atoms with Crippen molar-refractivity contribution in [1.29, 1.82) is 5.26 Å². The fourth-order valence-corrected chi connectivity index (χ4v) is 1.90. The van der Waals surface area contributed by atoms with Gasteiger partial charge in [0, 0.05) is 12.6 Å². The van der Waals surface area contributed by atoms with Gasteiger partial charge in [-0.3, -0.25) is 0 Å². The molecule has 0 saturated heterocycles. The van der Waals surface area contributed by atoms with Crippen molar-refractivity contribution in [1.82, 2.24) is 9.55 Å². The van der Waals surface area contributed by atoms with Crippen LogP contribution in [-0.2, 0) is 13.5 Å². The van der Waals surface area contributed by atoms with Crippen molar-refractivity contribution in [2.75, 3.05) is 0 Å². The Hall–Kier alpha value is -1.86. The van der Waals surface area contributed by atoms with Gasteiger partial charge in [0.15, 0.2) is 5.15 Å². The fraction of sp³-hybridized carbons (Fsp3) is 0.167. The van der Waals surface area contributed by atoms with Gasteiger partial charge in [-0.25, -0.2) is 9.37 Å². The SMILES string of the molecule is Cn1c(-c2ccc(F)cc2)nc(Cl)c1CC#N. The Morgan fingerprint density at radius 2 is 2.06 bits per heavy atom. The molecule has 0 unspecified atom stereocenters. The smallest absolute Gasteiger partial charge is 0.152 e. The Balaban J connectivity index is 2.50. The average molecular weight is 250 g/mol. The van der Waals surface area contributed by atoms with Crippen LogP contribution in [0.15, 0.2) is 24.3 Å². The van der Waals surface area contributed by atoms with Gasteiger partial charge in [-0.05, 0) is 24.3 Å². The molecule has 3 nitrogen and oxygen atoms in total. The number of nitriles is 1. The van der Waals surface area contributed by atoms with Crippen molar-refractivity contribution in [2.45, 2.75) is 6.42 Å². The highest BCUT2D eigenvalue weighted by Crippen LogP contribution is 2.24. The van der Waals surface area contributed by atoms with Crippen LogP contribution in [0.25, 0.3) is 11.4 Å². The molecule has 0 bridgehead atoms. The number of hydrogen-bond donors (Lipinski definition) is 0. The van der Waals surface area contributed by atoms with Crippen LogP contribution < -0.4 is 0 Å². The van der Waals surface area contributed by atoms with Crippen LogP contribution in [0.5, 0.6) is 0 Å². The van der Waals surface area contributed by atoms with Gasteiger partial charge in [0.2, 0.25) is 0 Å². The topological polar surface area (TPSA) is 41.6 Å². The van der Waals surface area contributed by atoms with E-state index in [-0.39, 0.29) is 12.2 Å². The predicted octanol–water partition coefficient (Wildman–Crippen LogP) is 2.95. The van der Waals surface area contributed by atoms with Crippen molar-refractivity contribution in [3.8, 4) is 17.5 Å². The molecule has 1 aromatic heterocycles. The molecule has 1 aromatic carbocycles. The summed E-state index contributed by atoms with van der Waals surface area (Å²) in [6.07, 6.45) is 0.198. The van der Waals surface area contributed by atoms with Gasteiger partial charge in [-0.15, -0.1) is 0 Å². The number of imidazole rings is 1. The molecule has 17 heavy (non-hydrogen) atoms. The second-order valence-corrected chi connectivity index (χ2v) is 3.93. The van der Waals surface area contributed by atoms with E-state index >= 15 is 0 Å². The molecule has 0 spiro atoms. The molecule has 0 aliphatic rings. The van der Waals surface area contributed by atoms with Crippen LogP contribution in [0.3, 0.4) is 0 Å². The van der Waals surface area contributed by atoms with E-state index in [2.05, 4.69) is 4.98 Å². The highest BCUT2D eigenvalue weighted by atomic mass is 35.5. The number of halogens is 2. The Labute approximate surface area is 103 Å². The molecule has 86 valence electrons. The number of benzene rings is 1. The van der Waals surface area contributed by atoms with Gasteiger partial charge in [-0.2, -0.15) is 5.26 Å². The second kappa shape index (κ2) is 4.56. The summed E-state index contributed by atoms with van der Waals surface area (Å²) in [6.45, 7) is 0. The predicted molar refractivity (Wildman–Crippen MR) is 62.9 cm³/mol. The Morgan fingerprint density at radius 3 is 2.65 bits per heavy atom. The summed E-state index contributed by atoms with van der Waals surface area (Å²) < 4.78 is 14.6. The van der Waals surface area contributed by atoms with Crippen molar-refractivity contribution in [3.63, 3.8) is 0 Å². The minimum atomic E-state index is -0.300. The second-order valence-electron chi connectivity index (χ2n) is 3.57. The zero-order chi connectivity index (χ0) is 12.4. The molecule has 1 heterocycles. The quantitative estimate of drug-likeness (QED) is 0.821. The third kappa shape index (κ3) is 2.15. The van der Waals surface area contributed by atoms with Crippen LogP contribution in [0, 0.1) is 17.1 Å². The number of rotatable bonds is 2. The number of nitrogens with zero attached hydrogens (tertiary/aromatic N) is 3. The van der Waals surface area contributed by atoms with E-state index in [4.69, 9.17) is 16.9 Å². The van der Waals surface area contributed by atoms with E-state index in [1.165, 1.54) is 12.1 Å². The highest BCUT2D eigenvalue weighted by molar-refractivity contribution is 6.30. The maximum absolute atomic E-state index is 12.8. The summed E-state index contributed by atoms with van der Waals surface area (Å²) in [7, 11) is 1.78. The molecule has 5 heteroatoms. The van der Waals surface area contributed by atoms with Crippen LogP contribution in [0.4, 0.5) is 4.39 Å². The standard InChI is InChI=1S/C12H9ClFN3/c1-17-10(6-7-15)11(13)16-12(17)8-2-4-9(14)5-3-8/h2-5H,6H2,1H3. The molecule has 2 aromatic rings. The summed E-state index contributed by atoms with van der Waals surface area (Å²) in [6, 6.07) is 8.02. The van der Waals surface area contributed by atoms with Crippen LogP contribution in [0.2, 0.25) is 5.15 Å². The molecular weight excluding hydrogens is 241 g/mol. The van der Waals surface area contributed by atoms with Crippen LogP contribution in [-0.4, -0.2) is 9.55 Å². The molecule has 0 saturated carbocycles. The first-order chi connectivity index (χ1) is 8.13. The summed E-state index contributed by atoms with van der Waals surface area (Å²) in [4.78, 5) is 4.18. The van der Waals surface area contributed by atoms with Crippen molar-refractivity contribution in [2.24, 2.45) is 7.05 Å². The van der Waals surface area contributed by atoms with E-state index in [0.29, 0.717) is 16.7 Å². The maximum atomic E-state index is 12.8. The van der Waals surface area contributed by atoms with Crippen molar-refractivity contribution >= 4 is 11.6 Å². The average Bonchev–Trinajstić information content (AvgIpc) is 2.59. The molecular formula is C12H9ClFN3. The van der Waals surface area contributed by atoms with Gasteiger partial charge >= 0.3 is 0 Å². The summed E-state index contributed by atoms with van der Waals surface area (Å²) >= 11 is 5.95. The van der Waals surface area contributed by atoms with Gasteiger partial charge in [0.1, 0.15) is 11.6 Å². The minimum absolute atomic E-state index is 0.198. The summed E-state index contributed by atoms with van der Waals surface area (Å²) in [5.41, 5.74) is 1.42. The number of hydrogen-bond acceptors (Lipinski definition) is 2. The Kier molecular flexibility index (Phi) is 3.12. The molecule has 2 rings (SSSR count). The lowest BCUT2D eigenvalue weighted by Gasteiger charge is -2.03. The first kappa shape index (κ1) is 11.6. The first-order valence-corrected chi connectivity index (χ1v) is 5.35. The summed E-state index contributed by atoms with van der Waals surface area (Å²) in [5.74, 6) is 0.326. The van der Waals surface area contributed by atoms with E-state index in [9.17, 15) is 4.39 Å². The molecule has 0 amide bonds. The van der Waals surface area contributed by atoms with Gasteiger partial charge in [0.05, 0.1) is 18.2 Å². The van der Waals surface area contributed by atoms with E-state index in [1.54, 1.807) is 23.7 Å². The third-order valence-electron chi connectivity index (χ3n) is 2.51. The zero-order valence-corrected chi connectivity index (χ0v) is 9.87. The van der Waals surface area contributed by atoms with Gasteiger partial charge in [-0.1, -0.05) is 11.6 Å². The maximum Gasteiger partial charge on any atom is 0.152 e. The van der Waals surface area contributed by atoms with Crippen molar-refractivity contribution < 1.29 is 4.39 Å². The Bertz CT molecular complexity index is 581. The lowest BCUT2D eigenvalue weighted by atomic mass is 10.2. The molecule has 0 aliphatic heterocycles. The first-order valence-electron chi connectivity index (χ1n) is 4.97. The molecule has 0 fully saturated rings. The lowest BCUT2D eigenvalue weighted by Crippen LogP contribution is -1.98. The monoisotopic (exact) mass is 249 g/mol. The fourth-order valence-electron chi connectivity index (χ4n) is 1.62. The molecule has 0 atom stereocenters. The van der Waals surface area contributed by atoms with E-state index in [0.717, 1.165) is 5.56 Å². The largest absolute Gasteiger partial charge is 0.329 e. The lowest BCUT2D eigenvalue weighted by molar-refractivity contribution is 0.628. The summed E-state index contributed by atoms with van der Waals surface area (Å²) in [5, 5.41) is 9.00. The zero-order valence-electron chi connectivity index (χ0n) is 9.11. The minimum Gasteiger partial charge on any atom is -0.329 e. The van der Waals surface area contributed by atoms with Crippen molar-refractivity contribution in [3.05, 3.63) is 40.9 Å².